The summed E-state index contributed by atoms with van der Waals surface area (Å²) in [6, 6.07) is -0.889. The molecule has 0 N–H and O–H groups in total. The van der Waals surface area contributed by atoms with Gasteiger partial charge in [0.1, 0.15) is 0 Å². The molecule has 0 aromatic rings. The van der Waals surface area contributed by atoms with Crippen LogP contribution in [-0.4, -0.2) is 103 Å². The zero-order chi connectivity index (χ0) is 22.2. The molecule has 0 radical (unpaired) electrons. The molecule has 3 heterocycles. The van der Waals surface area contributed by atoms with Crippen molar-refractivity contribution in [2.45, 2.75) is 39.3 Å². The van der Waals surface area contributed by atoms with E-state index in [0.717, 1.165) is 23.7 Å². The highest BCUT2D eigenvalue weighted by Crippen LogP contribution is 2.41. The average molecular weight is 441 g/mol. The van der Waals surface area contributed by atoms with Crippen LogP contribution in [0.2, 0.25) is 0 Å². The third-order valence-electron chi connectivity index (χ3n) is 6.39. The zero-order valence-corrected chi connectivity index (χ0v) is 19.0. The normalized spacial score (nSPS) is 28.1. The smallest absolute Gasteiger partial charge is 0.246 e. The SMILES string of the molecule is CC(=O)N1CCN(C/C=C/C(=O)N2CC[C@H]3[C@H]2[C@@H](C(C)C)C(=O)N3S(C)(=O)=O)CC1. The second kappa shape index (κ2) is 8.66. The van der Waals surface area contributed by atoms with Crippen LogP contribution >= 0.6 is 0 Å². The molecule has 0 aliphatic carbocycles. The fraction of sp³-hybridized carbons (Fsp3) is 0.750. The van der Waals surface area contributed by atoms with Crippen molar-refractivity contribution in [3.8, 4) is 0 Å². The van der Waals surface area contributed by atoms with Gasteiger partial charge in [-0.25, -0.2) is 12.7 Å². The molecule has 3 aliphatic heterocycles. The third kappa shape index (κ3) is 4.39. The van der Waals surface area contributed by atoms with Crippen molar-refractivity contribution in [2.24, 2.45) is 11.8 Å². The second-order valence-electron chi connectivity index (χ2n) is 8.75. The van der Waals surface area contributed by atoms with Gasteiger partial charge >= 0.3 is 0 Å². The number of piperazine rings is 1. The summed E-state index contributed by atoms with van der Waals surface area (Å²) in [5.41, 5.74) is 0. The van der Waals surface area contributed by atoms with Crippen LogP contribution in [0.5, 0.6) is 0 Å². The van der Waals surface area contributed by atoms with E-state index < -0.39 is 33.9 Å². The number of rotatable bonds is 5. The van der Waals surface area contributed by atoms with Gasteiger partial charge in [-0.15, -0.1) is 0 Å². The molecule has 3 amide bonds. The number of hydrogen-bond acceptors (Lipinski definition) is 6. The van der Waals surface area contributed by atoms with Gasteiger partial charge in [-0.1, -0.05) is 19.9 Å². The quantitative estimate of drug-likeness (QED) is 0.547. The van der Waals surface area contributed by atoms with E-state index in [1.165, 1.54) is 6.08 Å². The minimum atomic E-state index is -3.67. The molecule has 3 fully saturated rings. The summed E-state index contributed by atoms with van der Waals surface area (Å²) < 4.78 is 25.4. The first-order valence-electron chi connectivity index (χ1n) is 10.5. The standard InChI is InChI=1S/C20H32N4O5S/c1-14(2)18-19-16(24(20(18)27)30(4,28)29)7-9-23(19)17(26)6-5-8-21-10-12-22(13-11-21)15(3)25/h5-6,14,16,18-19H,7-13H2,1-4H3/b6-5+/t16-,18+,19-/m0/s1. The van der Waals surface area contributed by atoms with Gasteiger partial charge in [0.05, 0.1) is 24.3 Å². The molecule has 168 valence electrons. The molecule has 9 nitrogen and oxygen atoms in total. The van der Waals surface area contributed by atoms with E-state index in [0.29, 0.717) is 32.6 Å². The van der Waals surface area contributed by atoms with E-state index in [2.05, 4.69) is 4.90 Å². The molecule has 0 unspecified atom stereocenters. The fourth-order valence-corrected chi connectivity index (χ4v) is 6.10. The van der Waals surface area contributed by atoms with E-state index >= 15 is 0 Å². The van der Waals surface area contributed by atoms with E-state index in [9.17, 15) is 22.8 Å². The Bertz CT molecular complexity index is 832. The first-order chi connectivity index (χ1) is 14.0. The van der Waals surface area contributed by atoms with Crippen LogP contribution in [0.25, 0.3) is 0 Å². The molecule has 0 aromatic carbocycles. The number of carbonyl (C=O) groups is 3. The topological polar surface area (TPSA) is 98.3 Å². The summed E-state index contributed by atoms with van der Waals surface area (Å²) in [4.78, 5) is 42.8. The predicted molar refractivity (Wildman–Crippen MR) is 112 cm³/mol. The Balaban J connectivity index is 1.65. The molecule has 0 bridgehead atoms. The van der Waals surface area contributed by atoms with Crippen molar-refractivity contribution in [1.82, 2.24) is 19.0 Å². The van der Waals surface area contributed by atoms with E-state index in [1.54, 1.807) is 11.8 Å². The van der Waals surface area contributed by atoms with Crippen LogP contribution in [0.4, 0.5) is 0 Å². The first kappa shape index (κ1) is 22.7. The minimum absolute atomic E-state index is 0.0632. The number of nitrogens with zero attached hydrogens (tertiary/aromatic N) is 4. The Hall–Kier alpha value is -1.94. The van der Waals surface area contributed by atoms with Gasteiger partial charge < -0.3 is 9.80 Å². The zero-order valence-electron chi connectivity index (χ0n) is 18.2. The summed E-state index contributed by atoms with van der Waals surface area (Å²) in [6.45, 7) is 9.31. The lowest BCUT2D eigenvalue weighted by molar-refractivity contribution is -0.132. The summed E-state index contributed by atoms with van der Waals surface area (Å²) in [7, 11) is -3.67. The number of carbonyl (C=O) groups excluding carboxylic acids is 3. The number of likely N-dealkylation sites (tertiary alicyclic amines) is 1. The number of fused-ring (bicyclic) bond motifs is 1. The molecule has 10 heteroatoms. The molecule has 3 rings (SSSR count). The molecule has 0 spiro atoms. The monoisotopic (exact) mass is 440 g/mol. The van der Waals surface area contributed by atoms with Crippen molar-refractivity contribution in [3.63, 3.8) is 0 Å². The second-order valence-corrected chi connectivity index (χ2v) is 10.6. The van der Waals surface area contributed by atoms with Crippen LogP contribution in [0.3, 0.4) is 0 Å². The van der Waals surface area contributed by atoms with Gasteiger partial charge in [0.15, 0.2) is 0 Å². The highest BCUT2D eigenvalue weighted by Gasteiger charge is 2.58. The molecule has 30 heavy (non-hydrogen) atoms. The van der Waals surface area contributed by atoms with Crippen LogP contribution in [-0.2, 0) is 24.4 Å². The van der Waals surface area contributed by atoms with Crippen LogP contribution in [0.15, 0.2) is 12.2 Å². The van der Waals surface area contributed by atoms with Crippen molar-refractivity contribution >= 4 is 27.7 Å². The summed E-state index contributed by atoms with van der Waals surface area (Å²) in [5, 5.41) is 0. The summed E-state index contributed by atoms with van der Waals surface area (Å²) in [5.74, 6) is -1.07. The highest BCUT2D eigenvalue weighted by molar-refractivity contribution is 7.88. The van der Waals surface area contributed by atoms with Crippen molar-refractivity contribution in [1.29, 1.82) is 0 Å². The lowest BCUT2D eigenvalue weighted by Crippen LogP contribution is -2.48. The first-order valence-corrected chi connectivity index (χ1v) is 12.4. The molecular weight excluding hydrogens is 408 g/mol. The highest BCUT2D eigenvalue weighted by atomic mass is 32.2. The Morgan fingerprint density at radius 1 is 1.13 bits per heavy atom. The number of sulfonamides is 1. The molecular formula is C20H32N4O5S. The van der Waals surface area contributed by atoms with Gasteiger partial charge in [0, 0.05) is 52.3 Å². The lowest BCUT2D eigenvalue weighted by atomic mass is 9.88. The van der Waals surface area contributed by atoms with Crippen molar-refractivity contribution in [2.75, 3.05) is 45.5 Å². The van der Waals surface area contributed by atoms with Crippen LogP contribution < -0.4 is 0 Å². The Labute approximate surface area is 178 Å². The lowest BCUT2D eigenvalue weighted by Gasteiger charge is -2.33. The minimum Gasteiger partial charge on any atom is -0.340 e. The predicted octanol–water partition coefficient (Wildman–Crippen LogP) is -0.250. The van der Waals surface area contributed by atoms with Gasteiger partial charge in [-0.2, -0.15) is 0 Å². The number of amides is 3. The maximum Gasteiger partial charge on any atom is 0.246 e. The molecule has 3 aliphatic rings. The van der Waals surface area contributed by atoms with Gasteiger partial charge in [0.25, 0.3) is 0 Å². The van der Waals surface area contributed by atoms with Crippen LogP contribution in [0, 0.1) is 11.8 Å². The third-order valence-corrected chi connectivity index (χ3v) is 7.56. The van der Waals surface area contributed by atoms with Gasteiger partial charge in [-0.05, 0) is 12.3 Å². The maximum atomic E-state index is 12.9. The maximum absolute atomic E-state index is 12.9. The largest absolute Gasteiger partial charge is 0.340 e. The molecule has 3 atom stereocenters. The number of hydrogen-bond donors (Lipinski definition) is 0. The Morgan fingerprint density at radius 2 is 1.77 bits per heavy atom. The summed E-state index contributed by atoms with van der Waals surface area (Å²) in [6.07, 6.45) is 4.87. The van der Waals surface area contributed by atoms with Crippen molar-refractivity contribution < 1.29 is 22.8 Å². The molecule has 0 saturated carbocycles. The summed E-state index contributed by atoms with van der Waals surface area (Å²) >= 11 is 0. The van der Waals surface area contributed by atoms with E-state index in [4.69, 9.17) is 0 Å². The Morgan fingerprint density at radius 3 is 2.30 bits per heavy atom. The van der Waals surface area contributed by atoms with Gasteiger partial charge in [-0.3, -0.25) is 19.3 Å². The van der Waals surface area contributed by atoms with E-state index in [1.807, 2.05) is 24.8 Å². The van der Waals surface area contributed by atoms with Crippen molar-refractivity contribution in [3.05, 3.63) is 12.2 Å². The molecule has 0 aromatic heterocycles. The van der Waals surface area contributed by atoms with Gasteiger partial charge in [0.2, 0.25) is 27.7 Å². The van der Waals surface area contributed by atoms with E-state index in [-0.39, 0.29) is 17.7 Å². The fourth-order valence-electron chi connectivity index (χ4n) is 4.93. The Kier molecular flexibility index (Phi) is 6.57. The molecule has 3 saturated heterocycles. The van der Waals surface area contributed by atoms with Crippen LogP contribution in [0.1, 0.15) is 27.2 Å². The average Bonchev–Trinajstić information content (AvgIpc) is 3.17.